The van der Waals surface area contributed by atoms with Gasteiger partial charge in [-0.25, -0.2) is 9.59 Å². The summed E-state index contributed by atoms with van der Waals surface area (Å²) in [5.74, 6) is 14.1. The van der Waals surface area contributed by atoms with E-state index in [2.05, 4.69) is 34.3 Å². The zero-order valence-corrected chi connectivity index (χ0v) is 30.8. The van der Waals surface area contributed by atoms with Gasteiger partial charge in [-0.3, -0.25) is 0 Å². The Morgan fingerprint density at radius 2 is 0.786 bits per heavy atom. The number of ether oxygens (including phenoxy) is 4. The molecule has 0 spiro atoms. The second-order valence-electron chi connectivity index (χ2n) is 12.9. The zero-order valence-electron chi connectivity index (χ0n) is 30.8. The first-order chi connectivity index (χ1) is 27.4. The Kier molecular flexibility index (Phi) is 11.6. The largest absolute Gasteiger partial charge is 0.497 e. The van der Waals surface area contributed by atoms with Crippen LogP contribution in [0, 0.1) is 23.7 Å². The van der Waals surface area contributed by atoms with Gasteiger partial charge in [0, 0.05) is 22.3 Å². The van der Waals surface area contributed by atoms with E-state index in [0.717, 1.165) is 56.0 Å². The Bertz CT molecular complexity index is 2270. The maximum Gasteiger partial charge on any atom is 0.408 e. The maximum atomic E-state index is 12.0. The second-order valence-corrected chi connectivity index (χ2v) is 12.9. The Labute approximate surface area is 326 Å². The van der Waals surface area contributed by atoms with Crippen LogP contribution in [0.5, 0.6) is 11.5 Å². The van der Waals surface area contributed by atoms with E-state index in [1.165, 1.54) is 0 Å². The minimum Gasteiger partial charge on any atom is -0.497 e. The lowest BCUT2D eigenvalue weighted by molar-refractivity contribution is 0.131. The lowest BCUT2D eigenvalue weighted by Crippen LogP contribution is -2.19. The molecule has 4 atom stereocenters. The standard InChI is InChI=1S/2C24H19NO3/c2*1-27-21-12-6-11-20(16-21)23-22(25-24(26)28-23)19-10-5-9-18(15-19)14-13-17-7-3-2-4-8-17/h2*2-12,15-16,22-23H,1H3,(H,25,26)/t2*22-,23+/m10/s1. The van der Waals surface area contributed by atoms with E-state index >= 15 is 0 Å². The van der Waals surface area contributed by atoms with E-state index < -0.39 is 24.4 Å². The van der Waals surface area contributed by atoms with Crippen molar-refractivity contribution in [2.75, 3.05) is 14.2 Å². The third-order valence-electron chi connectivity index (χ3n) is 9.21. The summed E-state index contributed by atoms with van der Waals surface area (Å²) >= 11 is 0. The SMILES string of the molecule is COc1cccc([C@@H]2OC(=O)N[C@@H]2c2cccc(C#Cc3ccccc3)c2)c1.COc1cccc([C@H]2OC(=O)N[C@H]2c2cccc(C#Cc3ccccc3)c2)c1. The molecule has 0 unspecified atom stereocenters. The van der Waals surface area contributed by atoms with Crippen molar-refractivity contribution < 1.29 is 28.5 Å². The van der Waals surface area contributed by atoms with Gasteiger partial charge >= 0.3 is 12.2 Å². The van der Waals surface area contributed by atoms with Crippen molar-refractivity contribution in [3.63, 3.8) is 0 Å². The molecule has 2 saturated heterocycles. The fraction of sp³-hybridized carbons (Fsp3) is 0.125. The van der Waals surface area contributed by atoms with Crippen LogP contribution in [0.4, 0.5) is 9.59 Å². The van der Waals surface area contributed by atoms with Crippen molar-refractivity contribution in [1.29, 1.82) is 0 Å². The van der Waals surface area contributed by atoms with Crippen molar-refractivity contribution >= 4 is 12.2 Å². The first-order valence-corrected chi connectivity index (χ1v) is 18.0. The number of nitrogens with one attached hydrogen (secondary N) is 2. The number of benzene rings is 6. The van der Waals surface area contributed by atoms with E-state index in [1.54, 1.807) is 14.2 Å². The van der Waals surface area contributed by atoms with Crippen LogP contribution in [0.25, 0.3) is 0 Å². The van der Waals surface area contributed by atoms with Crippen molar-refractivity contribution in [3.8, 4) is 35.2 Å². The predicted octanol–water partition coefficient (Wildman–Crippen LogP) is 9.23. The number of cyclic esters (lactones) is 2. The summed E-state index contributed by atoms with van der Waals surface area (Å²) in [4.78, 5) is 23.9. The molecule has 2 fully saturated rings. The molecule has 8 heteroatoms. The van der Waals surface area contributed by atoms with Crippen LogP contribution >= 0.6 is 0 Å². The highest BCUT2D eigenvalue weighted by molar-refractivity contribution is 5.72. The molecular formula is C48H38N2O6. The first kappa shape index (κ1) is 36.9. The molecule has 2 N–H and O–H groups in total. The second kappa shape index (κ2) is 17.6. The summed E-state index contributed by atoms with van der Waals surface area (Å²) in [7, 11) is 3.23. The van der Waals surface area contributed by atoms with Gasteiger partial charge < -0.3 is 29.6 Å². The van der Waals surface area contributed by atoms with Crippen LogP contribution in [0.2, 0.25) is 0 Å². The Morgan fingerprint density at radius 1 is 0.429 bits per heavy atom. The smallest absolute Gasteiger partial charge is 0.408 e. The molecule has 0 radical (unpaired) electrons. The number of hydrogen-bond donors (Lipinski definition) is 2. The molecule has 276 valence electrons. The molecule has 2 amide bonds. The van der Waals surface area contributed by atoms with Crippen LogP contribution < -0.4 is 20.1 Å². The van der Waals surface area contributed by atoms with Crippen molar-refractivity contribution in [3.05, 3.63) is 202 Å². The molecule has 6 aromatic carbocycles. The minimum absolute atomic E-state index is 0.293. The molecule has 8 rings (SSSR count). The summed E-state index contributed by atoms with van der Waals surface area (Å²) in [5.41, 5.74) is 7.32. The third kappa shape index (κ3) is 9.20. The van der Waals surface area contributed by atoms with Gasteiger partial charge in [-0.2, -0.15) is 0 Å². The van der Waals surface area contributed by atoms with Gasteiger partial charge in [0.2, 0.25) is 0 Å². The highest BCUT2D eigenvalue weighted by Crippen LogP contribution is 2.39. The number of methoxy groups -OCH3 is 2. The average Bonchev–Trinajstić information content (AvgIpc) is 3.86. The van der Waals surface area contributed by atoms with E-state index in [4.69, 9.17) is 18.9 Å². The molecule has 8 nitrogen and oxygen atoms in total. The quantitative estimate of drug-likeness (QED) is 0.166. The van der Waals surface area contributed by atoms with Gasteiger partial charge in [-0.15, -0.1) is 0 Å². The molecule has 2 aliphatic rings. The summed E-state index contributed by atoms with van der Waals surface area (Å²) in [6.45, 7) is 0. The van der Waals surface area contributed by atoms with Crippen molar-refractivity contribution in [2.45, 2.75) is 24.3 Å². The number of amides is 2. The summed E-state index contributed by atoms with van der Waals surface area (Å²) in [6.07, 6.45) is -1.72. The van der Waals surface area contributed by atoms with Crippen LogP contribution in [-0.4, -0.2) is 26.4 Å². The van der Waals surface area contributed by atoms with Crippen molar-refractivity contribution in [2.24, 2.45) is 0 Å². The molecular weight excluding hydrogens is 701 g/mol. The van der Waals surface area contributed by atoms with Gasteiger partial charge in [0.15, 0.2) is 12.2 Å². The summed E-state index contributed by atoms with van der Waals surface area (Å²) in [5, 5.41) is 5.81. The maximum absolute atomic E-state index is 12.0. The normalized spacial score (nSPS) is 17.8. The van der Waals surface area contributed by atoms with Gasteiger partial charge in [0.05, 0.1) is 26.3 Å². The van der Waals surface area contributed by atoms with Gasteiger partial charge in [-0.05, 0) is 95.1 Å². The summed E-state index contributed by atoms with van der Waals surface area (Å²) < 4.78 is 21.7. The third-order valence-corrected chi connectivity index (χ3v) is 9.21. The highest BCUT2D eigenvalue weighted by Gasteiger charge is 2.37. The van der Waals surface area contributed by atoms with E-state index in [-0.39, 0.29) is 12.1 Å². The molecule has 56 heavy (non-hydrogen) atoms. The number of carbonyl (C=O) groups is 2. The molecule has 0 saturated carbocycles. The van der Waals surface area contributed by atoms with E-state index in [9.17, 15) is 9.59 Å². The van der Waals surface area contributed by atoms with Gasteiger partial charge in [0.25, 0.3) is 0 Å². The van der Waals surface area contributed by atoms with Crippen LogP contribution in [0.1, 0.15) is 68.8 Å². The molecule has 0 bridgehead atoms. The van der Waals surface area contributed by atoms with Crippen LogP contribution in [0.3, 0.4) is 0 Å². The minimum atomic E-state index is -0.432. The Morgan fingerprint density at radius 3 is 1.20 bits per heavy atom. The fourth-order valence-electron chi connectivity index (χ4n) is 6.47. The fourth-order valence-corrected chi connectivity index (χ4v) is 6.47. The lowest BCUT2D eigenvalue weighted by atomic mass is 9.95. The number of alkyl carbamates (subject to hydrolysis) is 2. The van der Waals surface area contributed by atoms with Gasteiger partial charge in [-0.1, -0.05) is 109 Å². The number of rotatable bonds is 6. The molecule has 2 aliphatic heterocycles. The molecule has 0 aliphatic carbocycles. The molecule has 6 aromatic rings. The highest BCUT2D eigenvalue weighted by atomic mass is 16.6. The molecule has 0 aromatic heterocycles. The number of hydrogen-bond acceptors (Lipinski definition) is 6. The van der Waals surface area contributed by atoms with Crippen LogP contribution in [-0.2, 0) is 9.47 Å². The first-order valence-electron chi connectivity index (χ1n) is 18.0. The zero-order chi connectivity index (χ0) is 38.7. The topological polar surface area (TPSA) is 95.1 Å². The van der Waals surface area contributed by atoms with Crippen molar-refractivity contribution in [1.82, 2.24) is 10.6 Å². The predicted molar refractivity (Wildman–Crippen MR) is 214 cm³/mol. The lowest BCUT2D eigenvalue weighted by Gasteiger charge is -2.18. The summed E-state index contributed by atoms with van der Waals surface area (Å²) in [6, 6.07) is 49.9. The Hall–Kier alpha value is -7.42. The average molecular weight is 739 g/mol. The van der Waals surface area contributed by atoms with Gasteiger partial charge in [0.1, 0.15) is 11.5 Å². The monoisotopic (exact) mass is 738 g/mol. The van der Waals surface area contributed by atoms with Crippen LogP contribution in [0.15, 0.2) is 158 Å². The number of carbonyl (C=O) groups excluding carboxylic acids is 2. The van der Waals surface area contributed by atoms with E-state index in [0.29, 0.717) is 0 Å². The van der Waals surface area contributed by atoms with E-state index in [1.807, 2.05) is 158 Å². The Balaban J connectivity index is 0.000000172. The molecule has 2 heterocycles.